The van der Waals surface area contributed by atoms with Crippen molar-refractivity contribution in [3.63, 3.8) is 0 Å². The Kier molecular flexibility index (Phi) is 3.36. The van der Waals surface area contributed by atoms with Crippen LogP contribution in [0.25, 0.3) is 0 Å². The summed E-state index contributed by atoms with van der Waals surface area (Å²) in [7, 11) is 0. The van der Waals surface area contributed by atoms with E-state index in [1.54, 1.807) is 0 Å². The average Bonchev–Trinajstić information content (AvgIpc) is 2.38. The van der Waals surface area contributed by atoms with Crippen LogP contribution in [-0.2, 0) is 14.7 Å². The molecule has 3 rings (SSSR count). The molecule has 0 amide bonds. The topological polar surface area (TPSA) is 67.6 Å². The lowest BCUT2D eigenvalue weighted by molar-refractivity contribution is -0.329. The van der Waals surface area contributed by atoms with Crippen LogP contribution in [-0.4, -0.2) is 48.6 Å². The molecular weight excluding hydrogens is 232 g/mol. The van der Waals surface area contributed by atoms with Crippen LogP contribution in [0.15, 0.2) is 0 Å². The standard InChI is InChI=1S/C13H23N2O3/c14-11-9-12(1-5-17-6-2-12)15(16)13(10-11)3-7-18-8-4-13/h11H,1-10,14H2. The van der Waals surface area contributed by atoms with Gasteiger partial charge in [-0.05, 0) is 38.5 Å². The van der Waals surface area contributed by atoms with Crippen molar-refractivity contribution in [2.45, 2.75) is 55.6 Å². The second kappa shape index (κ2) is 4.72. The highest BCUT2D eigenvalue weighted by Gasteiger charge is 2.55. The van der Waals surface area contributed by atoms with Gasteiger partial charge in [-0.25, -0.2) is 0 Å². The molecule has 3 heterocycles. The van der Waals surface area contributed by atoms with E-state index in [2.05, 4.69) is 0 Å². The number of nitrogens with zero attached hydrogens (tertiary/aromatic N) is 1. The van der Waals surface area contributed by atoms with Gasteiger partial charge in [0.05, 0.1) is 11.1 Å². The van der Waals surface area contributed by atoms with Gasteiger partial charge in [-0.1, -0.05) is 0 Å². The van der Waals surface area contributed by atoms with Gasteiger partial charge in [0.25, 0.3) is 0 Å². The maximum Gasteiger partial charge on any atom is 0.0558 e. The number of hydrogen-bond donors (Lipinski definition) is 1. The van der Waals surface area contributed by atoms with Crippen molar-refractivity contribution in [3.05, 3.63) is 0 Å². The fraction of sp³-hybridized carbons (Fsp3) is 1.00. The number of ether oxygens (including phenoxy) is 2. The first-order valence-electron chi connectivity index (χ1n) is 7.06. The molecule has 0 atom stereocenters. The van der Waals surface area contributed by atoms with Crippen molar-refractivity contribution in [2.24, 2.45) is 5.73 Å². The summed E-state index contributed by atoms with van der Waals surface area (Å²) >= 11 is 0. The fourth-order valence-corrected chi connectivity index (χ4v) is 4.03. The molecule has 0 aromatic carbocycles. The van der Waals surface area contributed by atoms with Gasteiger partial charge in [0.1, 0.15) is 0 Å². The number of piperidine rings is 1. The quantitative estimate of drug-likeness (QED) is 0.697. The summed E-state index contributed by atoms with van der Waals surface area (Å²) in [5.74, 6) is 0. The van der Waals surface area contributed by atoms with Crippen molar-refractivity contribution in [3.8, 4) is 0 Å². The molecule has 3 aliphatic heterocycles. The summed E-state index contributed by atoms with van der Waals surface area (Å²) in [4.78, 5) is 0. The smallest absolute Gasteiger partial charge is 0.0558 e. The van der Waals surface area contributed by atoms with Crippen LogP contribution in [0.5, 0.6) is 0 Å². The Morgan fingerprint density at radius 1 is 0.889 bits per heavy atom. The first-order chi connectivity index (χ1) is 8.67. The molecule has 5 heteroatoms. The summed E-state index contributed by atoms with van der Waals surface area (Å²) in [6, 6.07) is 0.145. The van der Waals surface area contributed by atoms with Gasteiger partial charge in [-0.15, -0.1) is 10.3 Å². The van der Waals surface area contributed by atoms with Gasteiger partial charge in [0.2, 0.25) is 0 Å². The van der Waals surface area contributed by atoms with Gasteiger partial charge in [-0.3, -0.25) is 0 Å². The molecule has 3 saturated heterocycles. The predicted molar refractivity (Wildman–Crippen MR) is 65.3 cm³/mol. The molecule has 0 bridgehead atoms. The average molecular weight is 255 g/mol. The minimum Gasteiger partial charge on any atom is -0.381 e. The van der Waals surface area contributed by atoms with Gasteiger partial charge < -0.3 is 15.2 Å². The highest BCUT2D eigenvalue weighted by molar-refractivity contribution is 5.06. The highest BCUT2D eigenvalue weighted by atomic mass is 16.5. The number of nitrogens with two attached hydrogens (primary N) is 1. The zero-order valence-corrected chi connectivity index (χ0v) is 10.9. The van der Waals surface area contributed by atoms with E-state index in [1.165, 1.54) is 5.06 Å². The maximum atomic E-state index is 13.0. The van der Waals surface area contributed by atoms with Crippen LogP contribution in [0.2, 0.25) is 0 Å². The van der Waals surface area contributed by atoms with E-state index < -0.39 is 0 Å². The Morgan fingerprint density at radius 2 is 1.28 bits per heavy atom. The van der Waals surface area contributed by atoms with Crippen LogP contribution in [0, 0.1) is 0 Å². The summed E-state index contributed by atoms with van der Waals surface area (Å²) in [6.07, 6.45) is 4.95. The Bertz CT molecular complexity index is 271. The predicted octanol–water partition coefficient (Wildman–Crippen LogP) is 0.853. The van der Waals surface area contributed by atoms with Crippen LogP contribution in [0.4, 0.5) is 0 Å². The number of rotatable bonds is 0. The van der Waals surface area contributed by atoms with Gasteiger partial charge >= 0.3 is 0 Å². The van der Waals surface area contributed by atoms with Crippen molar-refractivity contribution < 1.29 is 14.7 Å². The molecule has 0 unspecified atom stereocenters. The first kappa shape index (κ1) is 12.8. The van der Waals surface area contributed by atoms with Gasteiger partial charge in [0.15, 0.2) is 0 Å². The van der Waals surface area contributed by atoms with Crippen molar-refractivity contribution >= 4 is 0 Å². The van der Waals surface area contributed by atoms with E-state index in [4.69, 9.17) is 15.2 Å². The summed E-state index contributed by atoms with van der Waals surface area (Å²) in [5, 5.41) is 14.4. The molecule has 0 aromatic rings. The van der Waals surface area contributed by atoms with Gasteiger partial charge in [-0.2, -0.15) is 0 Å². The second-order valence-electron chi connectivity index (χ2n) is 6.14. The third-order valence-corrected chi connectivity index (χ3v) is 4.99. The molecule has 1 radical (unpaired) electrons. The molecule has 103 valence electrons. The summed E-state index contributed by atoms with van der Waals surface area (Å²) in [5.41, 5.74) is 5.72. The summed E-state index contributed by atoms with van der Waals surface area (Å²) < 4.78 is 10.9. The SMILES string of the molecule is NC1CC2(CCOCC2)N([O])C2(CCOCC2)C1. The van der Waals surface area contributed by atoms with E-state index in [0.717, 1.165) is 38.5 Å². The van der Waals surface area contributed by atoms with Crippen LogP contribution < -0.4 is 5.73 Å². The van der Waals surface area contributed by atoms with E-state index >= 15 is 0 Å². The lowest BCUT2D eigenvalue weighted by Crippen LogP contribution is -2.68. The number of hydroxylamine groups is 2. The fourth-order valence-electron chi connectivity index (χ4n) is 4.03. The molecule has 18 heavy (non-hydrogen) atoms. The maximum absolute atomic E-state index is 13.0. The van der Waals surface area contributed by atoms with Crippen LogP contribution in [0.3, 0.4) is 0 Å². The molecule has 2 spiro atoms. The molecule has 0 aliphatic carbocycles. The Hall–Kier alpha value is -0.200. The normalized spacial score (nSPS) is 36.0. The molecule has 0 aromatic heterocycles. The molecule has 3 fully saturated rings. The highest BCUT2D eigenvalue weighted by Crippen LogP contribution is 2.46. The Balaban J connectivity index is 1.86. The van der Waals surface area contributed by atoms with E-state index in [-0.39, 0.29) is 17.1 Å². The number of hydrogen-bond acceptors (Lipinski definition) is 4. The lowest BCUT2D eigenvalue weighted by Gasteiger charge is -2.57. The monoisotopic (exact) mass is 255 g/mol. The van der Waals surface area contributed by atoms with Crippen molar-refractivity contribution in [2.75, 3.05) is 26.4 Å². The zero-order chi connectivity index (χ0) is 12.6. The van der Waals surface area contributed by atoms with Gasteiger partial charge in [0, 0.05) is 32.5 Å². The third kappa shape index (κ3) is 1.98. The largest absolute Gasteiger partial charge is 0.381 e. The molecule has 2 N–H and O–H groups in total. The second-order valence-corrected chi connectivity index (χ2v) is 6.14. The van der Waals surface area contributed by atoms with Crippen LogP contribution >= 0.6 is 0 Å². The molecule has 5 nitrogen and oxygen atoms in total. The first-order valence-corrected chi connectivity index (χ1v) is 7.06. The molecule has 3 aliphatic rings. The lowest BCUT2D eigenvalue weighted by atomic mass is 9.69. The minimum atomic E-state index is -0.271. The molecule has 0 saturated carbocycles. The minimum absolute atomic E-state index is 0.145. The van der Waals surface area contributed by atoms with E-state index in [0.29, 0.717) is 26.4 Å². The Morgan fingerprint density at radius 3 is 1.67 bits per heavy atom. The van der Waals surface area contributed by atoms with E-state index in [9.17, 15) is 5.21 Å². The Labute approximate surface area is 108 Å². The van der Waals surface area contributed by atoms with Crippen molar-refractivity contribution in [1.29, 1.82) is 0 Å². The van der Waals surface area contributed by atoms with Crippen LogP contribution in [0.1, 0.15) is 38.5 Å². The summed E-state index contributed by atoms with van der Waals surface area (Å²) in [6.45, 7) is 2.77. The van der Waals surface area contributed by atoms with E-state index in [1.807, 2.05) is 0 Å². The molecular formula is C13H23N2O3. The zero-order valence-electron chi connectivity index (χ0n) is 10.9. The van der Waals surface area contributed by atoms with Crippen molar-refractivity contribution in [1.82, 2.24) is 5.06 Å². The third-order valence-electron chi connectivity index (χ3n) is 4.99.